The van der Waals surface area contributed by atoms with Gasteiger partial charge in [-0.05, 0) is 25.7 Å². The Balaban J connectivity index is 1.80. The van der Waals surface area contributed by atoms with E-state index in [0.717, 1.165) is 58.5 Å². The highest BCUT2D eigenvalue weighted by Crippen LogP contribution is 2.17. The van der Waals surface area contributed by atoms with Gasteiger partial charge in [0.1, 0.15) is 6.10 Å². The van der Waals surface area contributed by atoms with Crippen LogP contribution in [0.25, 0.3) is 0 Å². The summed E-state index contributed by atoms with van der Waals surface area (Å²) >= 11 is 0. The van der Waals surface area contributed by atoms with Gasteiger partial charge in [0.15, 0.2) is 0 Å². The second kappa shape index (κ2) is 7.22. The third-order valence-electron chi connectivity index (χ3n) is 4.34. The Kier molecular flexibility index (Phi) is 5.60. The summed E-state index contributed by atoms with van der Waals surface area (Å²) < 4.78 is 5.58. The van der Waals surface area contributed by atoms with E-state index in [0.29, 0.717) is 12.6 Å². The third kappa shape index (κ3) is 3.68. The lowest BCUT2D eigenvalue weighted by Gasteiger charge is -2.40. The number of hydrogen-bond donors (Lipinski definition) is 1. The molecule has 5 nitrogen and oxygen atoms in total. The summed E-state index contributed by atoms with van der Waals surface area (Å²) in [7, 11) is 0. The summed E-state index contributed by atoms with van der Waals surface area (Å²) in [6.45, 7) is 7.12. The Hall–Kier alpha value is -0.650. The number of amides is 1. The second-order valence-corrected chi connectivity index (χ2v) is 5.51. The minimum Gasteiger partial charge on any atom is -0.368 e. The van der Waals surface area contributed by atoms with Gasteiger partial charge >= 0.3 is 0 Å². The molecule has 0 saturated carbocycles. The van der Waals surface area contributed by atoms with Crippen molar-refractivity contribution in [2.75, 3.05) is 39.3 Å². The fraction of sp³-hybridized carbons (Fsp3) is 0.929. The zero-order chi connectivity index (χ0) is 13.7. The Bertz CT molecular complexity index is 280. The van der Waals surface area contributed by atoms with Crippen LogP contribution in [0.15, 0.2) is 0 Å². The molecule has 2 rings (SSSR count). The summed E-state index contributed by atoms with van der Waals surface area (Å²) in [6, 6.07) is 0.461. The monoisotopic (exact) mass is 269 g/mol. The van der Waals surface area contributed by atoms with E-state index in [1.807, 2.05) is 4.90 Å². The van der Waals surface area contributed by atoms with Crippen LogP contribution >= 0.6 is 0 Å². The molecule has 0 aromatic rings. The van der Waals surface area contributed by atoms with Crippen LogP contribution in [0.5, 0.6) is 0 Å². The van der Waals surface area contributed by atoms with Crippen molar-refractivity contribution >= 4 is 5.91 Å². The highest BCUT2D eigenvalue weighted by atomic mass is 16.5. The molecule has 110 valence electrons. The molecule has 0 aromatic carbocycles. The molecule has 0 aliphatic carbocycles. The molecular formula is C14H27N3O2. The van der Waals surface area contributed by atoms with Crippen LogP contribution in [0.3, 0.4) is 0 Å². The smallest absolute Gasteiger partial charge is 0.251 e. The molecule has 2 N–H and O–H groups in total. The Morgan fingerprint density at radius 3 is 2.58 bits per heavy atom. The molecule has 2 heterocycles. The molecule has 0 bridgehead atoms. The summed E-state index contributed by atoms with van der Waals surface area (Å²) in [5, 5.41) is 0. The Labute approximate surface area is 116 Å². The maximum Gasteiger partial charge on any atom is 0.251 e. The number of ether oxygens (including phenoxy) is 1. The molecule has 1 amide bonds. The third-order valence-corrected chi connectivity index (χ3v) is 4.34. The Morgan fingerprint density at radius 2 is 2.05 bits per heavy atom. The van der Waals surface area contributed by atoms with Crippen molar-refractivity contribution in [1.82, 2.24) is 9.80 Å². The van der Waals surface area contributed by atoms with Crippen molar-refractivity contribution in [3.8, 4) is 0 Å². The van der Waals surface area contributed by atoms with Crippen LogP contribution in [-0.4, -0.2) is 67.2 Å². The fourth-order valence-corrected chi connectivity index (χ4v) is 3.02. The van der Waals surface area contributed by atoms with Gasteiger partial charge in [-0.25, -0.2) is 0 Å². The average molecular weight is 269 g/mol. The number of hydrogen-bond acceptors (Lipinski definition) is 4. The number of carbonyl (C=O) groups is 1. The molecule has 0 radical (unpaired) electrons. The largest absolute Gasteiger partial charge is 0.368 e. The van der Waals surface area contributed by atoms with Crippen molar-refractivity contribution in [1.29, 1.82) is 0 Å². The molecule has 2 fully saturated rings. The van der Waals surface area contributed by atoms with Crippen LogP contribution in [0, 0.1) is 0 Å². The maximum absolute atomic E-state index is 12.3. The predicted octanol–water partition coefficient (Wildman–Crippen LogP) is 0.437. The van der Waals surface area contributed by atoms with Crippen LogP contribution in [0.1, 0.15) is 32.6 Å². The second-order valence-electron chi connectivity index (χ2n) is 5.51. The van der Waals surface area contributed by atoms with Crippen molar-refractivity contribution in [3.63, 3.8) is 0 Å². The molecule has 2 saturated heterocycles. The lowest BCUT2D eigenvalue weighted by molar-refractivity contribution is -0.148. The quantitative estimate of drug-likeness (QED) is 0.804. The van der Waals surface area contributed by atoms with Crippen molar-refractivity contribution in [2.45, 2.75) is 44.8 Å². The van der Waals surface area contributed by atoms with E-state index in [1.54, 1.807) is 0 Å². The first-order chi connectivity index (χ1) is 9.26. The first-order valence-corrected chi connectivity index (χ1v) is 7.60. The van der Waals surface area contributed by atoms with Gasteiger partial charge in [-0.15, -0.1) is 0 Å². The summed E-state index contributed by atoms with van der Waals surface area (Å²) in [5.41, 5.74) is 5.78. The zero-order valence-corrected chi connectivity index (χ0v) is 12.0. The Morgan fingerprint density at radius 1 is 1.32 bits per heavy atom. The fourth-order valence-electron chi connectivity index (χ4n) is 3.02. The first-order valence-electron chi connectivity index (χ1n) is 7.60. The summed E-state index contributed by atoms with van der Waals surface area (Å²) in [4.78, 5) is 16.7. The minimum absolute atomic E-state index is 0.184. The van der Waals surface area contributed by atoms with Gasteiger partial charge in [-0.1, -0.05) is 6.92 Å². The van der Waals surface area contributed by atoms with E-state index in [9.17, 15) is 4.79 Å². The van der Waals surface area contributed by atoms with Crippen LogP contribution in [-0.2, 0) is 9.53 Å². The van der Waals surface area contributed by atoms with Crippen LogP contribution in [0.2, 0.25) is 0 Å². The van der Waals surface area contributed by atoms with E-state index in [4.69, 9.17) is 10.5 Å². The minimum atomic E-state index is -0.184. The molecule has 0 aromatic heterocycles. The van der Waals surface area contributed by atoms with E-state index >= 15 is 0 Å². The van der Waals surface area contributed by atoms with E-state index in [2.05, 4.69) is 11.8 Å². The number of nitrogens with zero attached hydrogens (tertiary/aromatic N) is 2. The first kappa shape index (κ1) is 14.8. The SMILES string of the molecule is CCC(CN)N1CCN(C(=O)C2CCCCO2)CC1. The molecule has 2 atom stereocenters. The molecular weight excluding hydrogens is 242 g/mol. The molecule has 2 aliphatic rings. The highest BCUT2D eigenvalue weighted by molar-refractivity contribution is 5.81. The average Bonchev–Trinajstić information content (AvgIpc) is 2.49. The molecule has 0 spiro atoms. The molecule has 2 aliphatic heterocycles. The van der Waals surface area contributed by atoms with Gasteiger partial charge in [0.05, 0.1) is 0 Å². The normalized spacial score (nSPS) is 27.3. The van der Waals surface area contributed by atoms with Gasteiger partial charge in [0, 0.05) is 45.4 Å². The highest BCUT2D eigenvalue weighted by Gasteiger charge is 2.30. The standard InChI is InChI=1S/C14H27N3O2/c1-2-12(11-15)16-6-8-17(9-7-16)14(18)13-5-3-4-10-19-13/h12-13H,2-11,15H2,1H3. The predicted molar refractivity (Wildman–Crippen MR) is 74.9 cm³/mol. The van der Waals surface area contributed by atoms with Crippen LogP contribution < -0.4 is 5.73 Å². The topological polar surface area (TPSA) is 58.8 Å². The lowest BCUT2D eigenvalue weighted by atomic mass is 10.1. The molecule has 2 unspecified atom stereocenters. The van der Waals surface area contributed by atoms with Crippen molar-refractivity contribution < 1.29 is 9.53 Å². The van der Waals surface area contributed by atoms with E-state index in [1.165, 1.54) is 0 Å². The number of piperazine rings is 1. The number of rotatable bonds is 4. The van der Waals surface area contributed by atoms with Gasteiger partial charge < -0.3 is 15.4 Å². The van der Waals surface area contributed by atoms with Gasteiger partial charge in [0.25, 0.3) is 5.91 Å². The summed E-state index contributed by atoms with van der Waals surface area (Å²) in [6.07, 6.45) is 3.99. The van der Waals surface area contributed by atoms with Crippen molar-refractivity contribution in [2.24, 2.45) is 5.73 Å². The van der Waals surface area contributed by atoms with Gasteiger partial charge in [-0.3, -0.25) is 9.69 Å². The van der Waals surface area contributed by atoms with Crippen LogP contribution in [0.4, 0.5) is 0 Å². The van der Waals surface area contributed by atoms with Gasteiger partial charge in [-0.2, -0.15) is 0 Å². The van der Waals surface area contributed by atoms with E-state index in [-0.39, 0.29) is 12.0 Å². The lowest BCUT2D eigenvalue weighted by Crippen LogP contribution is -2.55. The summed E-state index contributed by atoms with van der Waals surface area (Å²) in [5.74, 6) is 0.195. The van der Waals surface area contributed by atoms with Gasteiger partial charge in [0.2, 0.25) is 0 Å². The maximum atomic E-state index is 12.3. The van der Waals surface area contributed by atoms with Crippen molar-refractivity contribution in [3.05, 3.63) is 0 Å². The van der Waals surface area contributed by atoms with E-state index < -0.39 is 0 Å². The molecule has 5 heteroatoms. The molecule has 19 heavy (non-hydrogen) atoms. The number of carbonyl (C=O) groups excluding carboxylic acids is 1. The number of nitrogens with two attached hydrogens (primary N) is 1. The zero-order valence-electron chi connectivity index (χ0n) is 12.0.